The molecule has 1 aromatic carbocycles. The minimum absolute atomic E-state index is 0.0412. The third-order valence-electron chi connectivity index (χ3n) is 4.55. The fourth-order valence-electron chi connectivity index (χ4n) is 3.04. The molecule has 1 aromatic heterocycles. The van der Waals surface area contributed by atoms with Crippen molar-refractivity contribution < 1.29 is 32.3 Å². The molecule has 1 aliphatic carbocycles. The van der Waals surface area contributed by atoms with Gasteiger partial charge in [-0.3, -0.25) is 9.59 Å². The van der Waals surface area contributed by atoms with E-state index in [-0.39, 0.29) is 48.1 Å². The van der Waals surface area contributed by atoms with E-state index in [4.69, 9.17) is 9.15 Å². The van der Waals surface area contributed by atoms with Crippen molar-refractivity contribution in [2.24, 2.45) is 0 Å². The SMILES string of the molecule is CCOc1cc(CN(C(=O)CCNC(=O)c2ccco2)C2CC2)ccc1OC(F)F. The number of furan rings is 1. The number of nitrogens with one attached hydrogen (secondary N) is 1. The van der Waals surface area contributed by atoms with Crippen LogP contribution in [0.1, 0.15) is 42.3 Å². The van der Waals surface area contributed by atoms with Crippen LogP contribution < -0.4 is 14.8 Å². The number of carbonyl (C=O) groups is 2. The summed E-state index contributed by atoms with van der Waals surface area (Å²) < 4.78 is 40.0. The Balaban J connectivity index is 1.60. The molecule has 0 bridgehead atoms. The fourth-order valence-corrected chi connectivity index (χ4v) is 3.04. The predicted molar refractivity (Wildman–Crippen MR) is 103 cm³/mol. The standard InChI is InChI=1S/C21H24F2N2O5/c1-2-28-18-12-14(5-8-16(18)30-21(22)23)13-25(15-6-7-15)19(26)9-10-24-20(27)17-4-3-11-29-17/h3-5,8,11-12,15,21H,2,6-7,9-10,13H2,1H3,(H,24,27). The van der Waals surface area contributed by atoms with Crippen LogP contribution in [0.5, 0.6) is 11.5 Å². The van der Waals surface area contributed by atoms with Crippen LogP contribution in [0.2, 0.25) is 0 Å². The van der Waals surface area contributed by atoms with Gasteiger partial charge in [0, 0.05) is 25.6 Å². The van der Waals surface area contributed by atoms with Gasteiger partial charge in [0.2, 0.25) is 5.91 Å². The molecule has 0 atom stereocenters. The van der Waals surface area contributed by atoms with Crippen LogP contribution in [0, 0.1) is 0 Å². The first-order valence-electron chi connectivity index (χ1n) is 9.79. The van der Waals surface area contributed by atoms with Gasteiger partial charge in [-0.15, -0.1) is 0 Å². The van der Waals surface area contributed by atoms with Gasteiger partial charge in [-0.1, -0.05) is 6.07 Å². The smallest absolute Gasteiger partial charge is 0.387 e. The molecule has 1 saturated carbocycles. The van der Waals surface area contributed by atoms with E-state index < -0.39 is 6.61 Å². The van der Waals surface area contributed by atoms with Crippen molar-refractivity contribution in [1.29, 1.82) is 0 Å². The molecule has 2 aromatic rings. The van der Waals surface area contributed by atoms with Gasteiger partial charge in [0.25, 0.3) is 5.91 Å². The Bertz CT molecular complexity index is 853. The average Bonchev–Trinajstić information content (AvgIpc) is 3.39. The topological polar surface area (TPSA) is 81.0 Å². The number of nitrogens with zero attached hydrogens (tertiary/aromatic N) is 1. The molecule has 1 aliphatic rings. The Hall–Kier alpha value is -3.10. The van der Waals surface area contributed by atoms with Gasteiger partial charge in [-0.2, -0.15) is 8.78 Å². The van der Waals surface area contributed by atoms with E-state index in [1.165, 1.54) is 12.3 Å². The minimum Gasteiger partial charge on any atom is -0.490 e. The van der Waals surface area contributed by atoms with E-state index in [1.807, 2.05) is 0 Å². The highest BCUT2D eigenvalue weighted by atomic mass is 19.3. The third-order valence-corrected chi connectivity index (χ3v) is 4.55. The average molecular weight is 422 g/mol. The normalized spacial score (nSPS) is 13.2. The van der Waals surface area contributed by atoms with Crippen LogP contribution in [0.25, 0.3) is 0 Å². The number of hydrogen-bond donors (Lipinski definition) is 1. The second-order valence-electron chi connectivity index (χ2n) is 6.83. The molecule has 7 nitrogen and oxygen atoms in total. The largest absolute Gasteiger partial charge is 0.490 e. The highest BCUT2D eigenvalue weighted by molar-refractivity contribution is 5.91. The maximum Gasteiger partial charge on any atom is 0.387 e. The van der Waals surface area contributed by atoms with Crippen LogP contribution in [0.4, 0.5) is 8.78 Å². The fraction of sp³-hybridized carbons (Fsp3) is 0.429. The van der Waals surface area contributed by atoms with Gasteiger partial charge in [0.1, 0.15) is 0 Å². The summed E-state index contributed by atoms with van der Waals surface area (Å²) in [4.78, 5) is 26.4. The predicted octanol–water partition coefficient (Wildman–Crippen LogP) is 3.59. The van der Waals surface area contributed by atoms with E-state index >= 15 is 0 Å². The second kappa shape index (κ2) is 10.1. The molecule has 0 saturated heterocycles. The van der Waals surface area contributed by atoms with E-state index in [2.05, 4.69) is 10.1 Å². The number of carbonyl (C=O) groups excluding carboxylic acids is 2. The Morgan fingerprint density at radius 2 is 2.07 bits per heavy atom. The lowest BCUT2D eigenvalue weighted by molar-refractivity contribution is -0.132. The summed E-state index contributed by atoms with van der Waals surface area (Å²) in [6.07, 6.45) is 3.38. The Morgan fingerprint density at radius 1 is 1.27 bits per heavy atom. The number of alkyl halides is 2. The Morgan fingerprint density at radius 3 is 2.70 bits per heavy atom. The molecular formula is C21H24F2N2O5. The first kappa shape index (κ1) is 21.6. The summed E-state index contributed by atoms with van der Waals surface area (Å²) in [5.41, 5.74) is 0.750. The first-order chi connectivity index (χ1) is 14.5. The van der Waals surface area contributed by atoms with Crippen LogP contribution in [0.3, 0.4) is 0 Å². The number of halogens is 2. The zero-order valence-corrected chi connectivity index (χ0v) is 16.6. The lowest BCUT2D eigenvalue weighted by Crippen LogP contribution is -2.35. The lowest BCUT2D eigenvalue weighted by Gasteiger charge is -2.23. The van der Waals surface area contributed by atoms with E-state index in [0.717, 1.165) is 18.4 Å². The van der Waals surface area contributed by atoms with E-state index in [0.29, 0.717) is 13.2 Å². The zero-order valence-electron chi connectivity index (χ0n) is 16.6. The van der Waals surface area contributed by atoms with Crippen LogP contribution in [0.15, 0.2) is 41.0 Å². The number of ether oxygens (including phenoxy) is 2. The van der Waals surface area contributed by atoms with E-state index in [1.54, 1.807) is 36.1 Å². The zero-order chi connectivity index (χ0) is 21.5. The molecule has 1 heterocycles. The summed E-state index contributed by atoms with van der Waals surface area (Å²) in [5.74, 6) is -0.106. The maximum atomic E-state index is 12.7. The van der Waals surface area contributed by atoms with Crippen molar-refractivity contribution in [3.8, 4) is 11.5 Å². The van der Waals surface area contributed by atoms with Gasteiger partial charge in [-0.25, -0.2) is 0 Å². The van der Waals surface area contributed by atoms with Gasteiger partial charge < -0.3 is 24.1 Å². The van der Waals surface area contributed by atoms with Crippen LogP contribution >= 0.6 is 0 Å². The van der Waals surface area contributed by atoms with Crippen molar-refractivity contribution in [3.05, 3.63) is 47.9 Å². The molecule has 0 radical (unpaired) electrons. The molecule has 9 heteroatoms. The lowest BCUT2D eigenvalue weighted by atomic mass is 10.1. The molecule has 3 rings (SSSR count). The van der Waals surface area contributed by atoms with Gasteiger partial charge in [0.15, 0.2) is 17.3 Å². The van der Waals surface area contributed by atoms with E-state index in [9.17, 15) is 18.4 Å². The third kappa shape index (κ3) is 5.95. The van der Waals surface area contributed by atoms with Crippen molar-refractivity contribution in [1.82, 2.24) is 10.2 Å². The Kier molecular flexibility index (Phi) is 7.26. The van der Waals surface area contributed by atoms with Crippen LogP contribution in [-0.2, 0) is 11.3 Å². The molecule has 1 N–H and O–H groups in total. The number of rotatable bonds is 11. The molecule has 0 unspecified atom stereocenters. The van der Waals surface area contributed by atoms with Gasteiger partial charge in [-0.05, 0) is 49.6 Å². The minimum atomic E-state index is -2.95. The van der Waals surface area contributed by atoms with Crippen LogP contribution in [-0.4, -0.2) is 42.5 Å². The monoisotopic (exact) mass is 422 g/mol. The molecule has 1 fully saturated rings. The van der Waals surface area contributed by atoms with Crippen molar-refractivity contribution in [2.75, 3.05) is 13.2 Å². The molecule has 0 aliphatic heterocycles. The van der Waals surface area contributed by atoms with Gasteiger partial charge in [0.05, 0.1) is 12.9 Å². The number of hydrogen-bond acceptors (Lipinski definition) is 5. The van der Waals surface area contributed by atoms with Crippen molar-refractivity contribution in [2.45, 2.75) is 45.4 Å². The number of benzene rings is 1. The summed E-state index contributed by atoms with van der Waals surface area (Å²) >= 11 is 0. The summed E-state index contributed by atoms with van der Waals surface area (Å²) in [5, 5.41) is 2.66. The second-order valence-corrected chi connectivity index (χ2v) is 6.83. The first-order valence-corrected chi connectivity index (χ1v) is 9.79. The van der Waals surface area contributed by atoms with Crippen molar-refractivity contribution in [3.63, 3.8) is 0 Å². The molecule has 2 amide bonds. The molecular weight excluding hydrogens is 398 g/mol. The summed E-state index contributed by atoms with van der Waals surface area (Å²) in [6, 6.07) is 7.98. The van der Waals surface area contributed by atoms with Gasteiger partial charge >= 0.3 is 6.61 Å². The molecule has 162 valence electrons. The van der Waals surface area contributed by atoms with Crippen molar-refractivity contribution >= 4 is 11.8 Å². The quantitative estimate of drug-likeness (QED) is 0.599. The highest BCUT2D eigenvalue weighted by Gasteiger charge is 2.32. The molecule has 0 spiro atoms. The Labute approximate surface area is 172 Å². The summed E-state index contributed by atoms with van der Waals surface area (Å²) in [7, 11) is 0. The summed E-state index contributed by atoms with van der Waals surface area (Å²) in [6.45, 7) is -0.395. The number of amides is 2. The molecule has 30 heavy (non-hydrogen) atoms. The maximum absolute atomic E-state index is 12.7. The highest BCUT2D eigenvalue weighted by Crippen LogP contribution is 2.33.